The predicted molar refractivity (Wildman–Crippen MR) is 52.8 cm³/mol. The third kappa shape index (κ3) is 1.73. The van der Waals surface area contributed by atoms with Gasteiger partial charge in [-0.05, 0) is 44.8 Å². The molecule has 76 valence electrons. The summed E-state index contributed by atoms with van der Waals surface area (Å²) >= 11 is 0. The smallest absolute Gasteiger partial charge is 0.0647 e. The van der Waals surface area contributed by atoms with Crippen LogP contribution in [0, 0.1) is 5.92 Å². The van der Waals surface area contributed by atoms with Crippen molar-refractivity contribution >= 4 is 0 Å². The summed E-state index contributed by atoms with van der Waals surface area (Å²) < 4.78 is 5.35. The largest absolute Gasteiger partial charge is 0.383 e. The van der Waals surface area contributed by atoms with Gasteiger partial charge in [-0.3, -0.25) is 0 Å². The van der Waals surface area contributed by atoms with Crippen molar-refractivity contribution in [3.05, 3.63) is 0 Å². The summed E-state index contributed by atoms with van der Waals surface area (Å²) in [6, 6.07) is 0. The average Bonchev–Trinajstić information content (AvgIpc) is 2.73. The number of nitrogens with one attached hydrogen (secondary N) is 2. The van der Waals surface area contributed by atoms with E-state index in [1.807, 2.05) is 7.11 Å². The highest BCUT2D eigenvalue weighted by Crippen LogP contribution is 2.31. The summed E-state index contributed by atoms with van der Waals surface area (Å²) in [5, 5.41) is 7.08. The molecule has 2 rings (SSSR count). The van der Waals surface area contributed by atoms with Gasteiger partial charge in [-0.15, -0.1) is 0 Å². The van der Waals surface area contributed by atoms with Gasteiger partial charge in [0, 0.05) is 12.6 Å². The Hall–Kier alpha value is -0.120. The fraction of sp³-hybridized carbons (Fsp3) is 1.00. The van der Waals surface area contributed by atoms with Crippen molar-refractivity contribution < 1.29 is 4.74 Å². The van der Waals surface area contributed by atoms with Crippen molar-refractivity contribution in [1.82, 2.24) is 10.6 Å². The first kappa shape index (κ1) is 9.44. The van der Waals surface area contributed by atoms with Crippen LogP contribution in [0.25, 0.3) is 0 Å². The number of methoxy groups -OCH3 is 1. The van der Waals surface area contributed by atoms with Gasteiger partial charge in [0.05, 0.1) is 6.61 Å². The molecule has 2 aliphatic heterocycles. The molecule has 3 heteroatoms. The molecule has 0 bridgehead atoms. The first-order valence-electron chi connectivity index (χ1n) is 5.32. The van der Waals surface area contributed by atoms with Gasteiger partial charge in [0.25, 0.3) is 0 Å². The van der Waals surface area contributed by atoms with E-state index in [1.165, 1.54) is 32.4 Å². The molecular formula is C10H20N2O. The Labute approximate surface area is 80.2 Å². The zero-order valence-electron chi connectivity index (χ0n) is 8.44. The Balaban J connectivity index is 2.02. The lowest BCUT2D eigenvalue weighted by atomic mass is 9.82. The fourth-order valence-corrected chi connectivity index (χ4v) is 2.80. The molecule has 0 aliphatic carbocycles. The number of hydrogen-bond donors (Lipinski definition) is 2. The second-order valence-electron chi connectivity index (χ2n) is 4.31. The standard InChI is InChI=1S/C10H20N2O/c1-13-8-10(4-2-5-12-10)9-3-6-11-7-9/h9,11-12H,2-8H2,1H3. The quantitative estimate of drug-likeness (QED) is 0.664. The molecule has 0 aromatic carbocycles. The molecule has 2 unspecified atom stereocenters. The van der Waals surface area contributed by atoms with Crippen molar-refractivity contribution in [2.45, 2.75) is 24.8 Å². The van der Waals surface area contributed by atoms with Crippen molar-refractivity contribution in [2.24, 2.45) is 5.92 Å². The topological polar surface area (TPSA) is 33.3 Å². The molecule has 2 heterocycles. The molecular weight excluding hydrogens is 164 g/mol. The van der Waals surface area contributed by atoms with Crippen LogP contribution in [-0.4, -0.2) is 38.9 Å². The Morgan fingerprint density at radius 3 is 2.92 bits per heavy atom. The molecule has 0 radical (unpaired) electrons. The molecule has 0 saturated carbocycles. The minimum absolute atomic E-state index is 0.290. The molecule has 0 aromatic heterocycles. The summed E-state index contributed by atoms with van der Waals surface area (Å²) in [7, 11) is 1.81. The first-order chi connectivity index (χ1) is 6.37. The van der Waals surface area contributed by atoms with Crippen molar-refractivity contribution in [2.75, 3.05) is 33.4 Å². The summed E-state index contributed by atoms with van der Waals surface area (Å²) in [5.41, 5.74) is 0.290. The van der Waals surface area contributed by atoms with E-state index in [9.17, 15) is 0 Å². The number of hydrogen-bond acceptors (Lipinski definition) is 3. The maximum Gasteiger partial charge on any atom is 0.0647 e. The van der Waals surface area contributed by atoms with Gasteiger partial charge >= 0.3 is 0 Å². The Bertz CT molecular complexity index is 160. The third-order valence-electron chi connectivity index (χ3n) is 3.52. The lowest BCUT2D eigenvalue weighted by molar-refractivity contribution is 0.0861. The van der Waals surface area contributed by atoms with Crippen LogP contribution >= 0.6 is 0 Å². The Kier molecular flexibility index (Phi) is 2.86. The SMILES string of the molecule is COCC1(C2CCNC2)CCCN1. The molecule has 2 aliphatic rings. The molecule has 0 aromatic rings. The second-order valence-corrected chi connectivity index (χ2v) is 4.31. The van der Waals surface area contributed by atoms with Gasteiger partial charge in [0.15, 0.2) is 0 Å². The highest BCUT2D eigenvalue weighted by Gasteiger charge is 2.41. The van der Waals surface area contributed by atoms with Crippen LogP contribution in [0.4, 0.5) is 0 Å². The normalized spacial score (nSPS) is 39.9. The van der Waals surface area contributed by atoms with E-state index in [1.54, 1.807) is 0 Å². The summed E-state index contributed by atoms with van der Waals surface area (Å²) in [6.07, 6.45) is 3.89. The van der Waals surface area contributed by atoms with Crippen LogP contribution in [0.5, 0.6) is 0 Å². The van der Waals surface area contributed by atoms with Gasteiger partial charge in [-0.1, -0.05) is 0 Å². The van der Waals surface area contributed by atoms with Gasteiger partial charge in [0.1, 0.15) is 0 Å². The van der Waals surface area contributed by atoms with Gasteiger partial charge in [0.2, 0.25) is 0 Å². The van der Waals surface area contributed by atoms with Crippen LogP contribution in [0.15, 0.2) is 0 Å². The van der Waals surface area contributed by atoms with E-state index in [0.29, 0.717) is 0 Å². The first-order valence-corrected chi connectivity index (χ1v) is 5.32. The van der Waals surface area contributed by atoms with Crippen LogP contribution in [0.2, 0.25) is 0 Å². The molecule has 13 heavy (non-hydrogen) atoms. The van der Waals surface area contributed by atoms with Gasteiger partial charge < -0.3 is 15.4 Å². The van der Waals surface area contributed by atoms with Crippen LogP contribution in [0.1, 0.15) is 19.3 Å². The van der Waals surface area contributed by atoms with E-state index >= 15 is 0 Å². The predicted octanol–water partition coefficient (Wildman–Crippen LogP) is 0.364. The van der Waals surface area contributed by atoms with E-state index in [0.717, 1.165) is 19.1 Å². The number of ether oxygens (including phenoxy) is 1. The Morgan fingerprint density at radius 1 is 1.46 bits per heavy atom. The van der Waals surface area contributed by atoms with E-state index in [-0.39, 0.29) is 5.54 Å². The summed E-state index contributed by atoms with van der Waals surface area (Å²) in [6.45, 7) is 4.38. The average molecular weight is 184 g/mol. The third-order valence-corrected chi connectivity index (χ3v) is 3.52. The van der Waals surface area contributed by atoms with Crippen molar-refractivity contribution in [3.8, 4) is 0 Å². The highest BCUT2D eigenvalue weighted by atomic mass is 16.5. The molecule has 2 fully saturated rings. The minimum Gasteiger partial charge on any atom is -0.383 e. The monoisotopic (exact) mass is 184 g/mol. The summed E-state index contributed by atoms with van der Waals surface area (Å²) in [4.78, 5) is 0. The highest BCUT2D eigenvalue weighted by molar-refractivity contribution is 5.01. The number of rotatable bonds is 3. The molecule has 2 saturated heterocycles. The molecule has 2 atom stereocenters. The second kappa shape index (κ2) is 3.95. The summed E-state index contributed by atoms with van der Waals surface area (Å²) in [5.74, 6) is 0.773. The van der Waals surface area contributed by atoms with Crippen molar-refractivity contribution in [3.63, 3.8) is 0 Å². The van der Waals surface area contributed by atoms with E-state index < -0.39 is 0 Å². The fourth-order valence-electron chi connectivity index (χ4n) is 2.80. The van der Waals surface area contributed by atoms with Crippen LogP contribution in [0.3, 0.4) is 0 Å². The zero-order valence-corrected chi connectivity index (χ0v) is 8.44. The van der Waals surface area contributed by atoms with E-state index in [2.05, 4.69) is 10.6 Å². The molecule has 2 N–H and O–H groups in total. The van der Waals surface area contributed by atoms with Gasteiger partial charge in [-0.2, -0.15) is 0 Å². The maximum absolute atomic E-state index is 5.35. The molecule has 0 spiro atoms. The minimum atomic E-state index is 0.290. The van der Waals surface area contributed by atoms with Gasteiger partial charge in [-0.25, -0.2) is 0 Å². The molecule has 3 nitrogen and oxygen atoms in total. The van der Waals surface area contributed by atoms with Crippen molar-refractivity contribution in [1.29, 1.82) is 0 Å². The lowest BCUT2D eigenvalue weighted by Crippen LogP contribution is -2.51. The van der Waals surface area contributed by atoms with Crippen LogP contribution < -0.4 is 10.6 Å². The molecule has 0 amide bonds. The maximum atomic E-state index is 5.35. The lowest BCUT2D eigenvalue weighted by Gasteiger charge is -2.34. The van der Waals surface area contributed by atoms with Crippen LogP contribution in [-0.2, 0) is 4.74 Å². The Morgan fingerprint density at radius 2 is 2.38 bits per heavy atom. The van der Waals surface area contributed by atoms with E-state index in [4.69, 9.17) is 4.74 Å². The zero-order chi connectivity index (χ0) is 9.15.